The van der Waals surface area contributed by atoms with E-state index in [-0.39, 0.29) is 5.11 Å². The van der Waals surface area contributed by atoms with Crippen molar-refractivity contribution in [3.63, 3.8) is 0 Å². The lowest BCUT2D eigenvalue weighted by molar-refractivity contribution is 1.08. The van der Waals surface area contributed by atoms with Crippen LogP contribution in [0.3, 0.4) is 0 Å². The summed E-state index contributed by atoms with van der Waals surface area (Å²) in [5.74, 6) is 0. The molecular formula is CH2B2N2S. The van der Waals surface area contributed by atoms with Crippen molar-refractivity contribution in [2.45, 2.75) is 0 Å². The van der Waals surface area contributed by atoms with Gasteiger partial charge >= 0.3 is 0 Å². The lowest BCUT2D eigenvalue weighted by Crippen LogP contribution is -2.30. The van der Waals surface area contributed by atoms with Crippen molar-refractivity contribution in [2.24, 2.45) is 5.73 Å². The van der Waals surface area contributed by atoms with E-state index in [2.05, 4.69) is 12.2 Å². The first-order chi connectivity index (χ1) is 2.64. The first-order valence-corrected chi connectivity index (χ1v) is 1.64. The minimum absolute atomic E-state index is 0.0185. The summed E-state index contributed by atoms with van der Waals surface area (Å²) in [7, 11) is 9.56. The van der Waals surface area contributed by atoms with E-state index in [1.165, 1.54) is 0 Å². The molecule has 0 unspecified atom stereocenters. The van der Waals surface area contributed by atoms with Crippen LogP contribution in [0.15, 0.2) is 0 Å². The Morgan fingerprint density at radius 3 is 1.83 bits per heavy atom. The first-order valence-electron chi connectivity index (χ1n) is 1.23. The molecule has 0 saturated carbocycles. The Morgan fingerprint density at radius 2 is 1.83 bits per heavy atom. The van der Waals surface area contributed by atoms with E-state index >= 15 is 0 Å². The standard InChI is InChI=1S/CH2B2N2S/c2-5(3)1(4)6/h(H2,4,6). The summed E-state index contributed by atoms with van der Waals surface area (Å²) < 4.78 is 0.676. The SMILES string of the molecule is [B]N([B])C(N)=S. The van der Waals surface area contributed by atoms with Crippen LogP contribution in [-0.2, 0) is 0 Å². The highest BCUT2D eigenvalue weighted by molar-refractivity contribution is 7.80. The molecule has 0 heterocycles. The maximum Gasteiger partial charge on any atom is 0.211 e. The highest BCUT2D eigenvalue weighted by Gasteiger charge is 1.83. The van der Waals surface area contributed by atoms with Gasteiger partial charge in [-0.25, -0.2) is 0 Å². The van der Waals surface area contributed by atoms with Crippen molar-refractivity contribution >= 4 is 33.3 Å². The quantitative estimate of drug-likeness (QED) is 0.300. The monoisotopic (exact) mass is 96.0 g/mol. The number of thiocarbonyl (C=S) groups is 1. The second kappa shape index (κ2) is 2.08. The molecule has 0 fully saturated rings. The van der Waals surface area contributed by atoms with Gasteiger partial charge in [0.15, 0.2) is 0 Å². The third kappa shape index (κ3) is 2.08. The molecule has 2 nitrogen and oxygen atoms in total. The summed E-state index contributed by atoms with van der Waals surface area (Å²) in [5, 5.41) is -0.0185. The molecule has 0 aromatic carbocycles. The van der Waals surface area contributed by atoms with Gasteiger partial charge in [0.05, 0.1) is 0 Å². The Kier molecular flexibility index (Phi) is 2.01. The molecule has 0 aliphatic carbocycles. The van der Waals surface area contributed by atoms with Crippen LogP contribution in [0.4, 0.5) is 0 Å². The number of nitrogens with zero attached hydrogens (tertiary/aromatic N) is 1. The average molecular weight is 95.7 g/mol. The van der Waals surface area contributed by atoms with Crippen LogP contribution < -0.4 is 5.73 Å². The topological polar surface area (TPSA) is 29.3 Å². The highest BCUT2D eigenvalue weighted by atomic mass is 32.1. The van der Waals surface area contributed by atoms with Crippen LogP contribution in [0.25, 0.3) is 0 Å². The third-order valence-corrected chi connectivity index (χ3v) is 0.465. The van der Waals surface area contributed by atoms with Crippen molar-refractivity contribution in [1.82, 2.24) is 4.72 Å². The molecule has 5 heteroatoms. The minimum atomic E-state index is -0.0185. The van der Waals surface area contributed by atoms with Crippen LogP contribution in [0.5, 0.6) is 0 Å². The Labute approximate surface area is 44.5 Å². The van der Waals surface area contributed by atoms with Crippen LogP contribution in [0.1, 0.15) is 0 Å². The average Bonchev–Trinajstić information content (AvgIpc) is 1.36. The van der Waals surface area contributed by atoms with Crippen molar-refractivity contribution in [2.75, 3.05) is 0 Å². The Bertz CT molecular complexity index is 62.6. The van der Waals surface area contributed by atoms with E-state index in [1.807, 2.05) is 0 Å². The summed E-state index contributed by atoms with van der Waals surface area (Å²) in [4.78, 5) is 0. The van der Waals surface area contributed by atoms with Crippen LogP contribution in [0, 0.1) is 0 Å². The number of rotatable bonds is 0. The normalized spacial score (nSPS) is 7.33. The third-order valence-electron chi connectivity index (χ3n) is 0.254. The molecule has 6 heavy (non-hydrogen) atoms. The second-order valence-electron chi connectivity index (χ2n) is 0.746. The highest BCUT2D eigenvalue weighted by Crippen LogP contribution is 1.64. The Hall–Kier alpha value is -0.180. The van der Waals surface area contributed by atoms with Crippen molar-refractivity contribution in [3.8, 4) is 0 Å². The smallest absolute Gasteiger partial charge is 0.211 e. The van der Waals surface area contributed by atoms with Gasteiger partial charge in [-0.05, 0) is 12.2 Å². The van der Waals surface area contributed by atoms with Crippen molar-refractivity contribution in [1.29, 1.82) is 0 Å². The fourth-order valence-electron chi connectivity index (χ4n) is 0. The van der Waals surface area contributed by atoms with Gasteiger partial charge in [-0.3, -0.25) is 0 Å². The molecule has 0 aliphatic rings. The van der Waals surface area contributed by atoms with E-state index in [1.54, 1.807) is 0 Å². The Balaban J connectivity index is 3.26. The molecular weight excluding hydrogens is 93.7 g/mol. The van der Waals surface area contributed by atoms with Gasteiger partial charge in [-0.2, -0.15) is 0 Å². The van der Waals surface area contributed by atoms with E-state index in [4.69, 9.17) is 21.7 Å². The number of nitrogens with two attached hydrogens (primary N) is 1. The molecule has 0 amide bonds. The molecule has 0 spiro atoms. The fraction of sp³-hybridized carbons (Fsp3) is 0. The summed E-state index contributed by atoms with van der Waals surface area (Å²) in [6.07, 6.45) is 0. The molecule has 0 saturated heterocycles. The summed E-state index contributed by atoms with van der Waals surface area (Å²) >= 11 is 4.27. The maximum atomic E-state index is 4.84. The predicted molar refractivity (Wildman–Crippen MR) is 30.1 cm³/mol. The summed E-state index contributed by atoms with van der Waals surface area (Å²) in [6, 6.07) is 0. The van der Waals surface area contributed by atoms with Crippen molar-refractivity contribution < 1.29 is 0 Å². The molecule has 0 aliphatic heterocycles. The zero-order valence-electron chi connectivity index (χ0n) is 3.09. The lowest BCUT2D eigenvalue weighted by Gasteiger charge is -2.07. The van der Waals surface area contributed by atoms with E-state index in [0.717, 1.165) is 0 Å². The summed E-state index contributed by atoms with van der Waals surface area (Å²) in [6.45, 7) is 0. The van der Waals surface area contributed by atoms with Gasteiger partial charge in [-0.1, -0.05) is 0 Å². The van der Waals surface area contributed by atoms with Crippen LogP contribution in [-0.4, -0.2) is 25.8 Å². The fourth-order valence-corrected chi connectivity index (χ4v) is 0. The van der Waals surface area contributed by atoms with Gasteiger partial charge in [-0.15, -0.1) is 0 Å². The minimum Gasteiger partial charge on any atom is -0.456 e. The van der Waals surface area contributed by atoms with Crippen LogP contribution in [0.2, 0.25) is 0 Å². The largest absolute Gasteiger partial charge is 0.456 e. The molecule has 0 rings (SSSR count). The molecule has 4 radical (unpaired) electrons. The van der Waals surface area contributed by atoms with E-state index in [9.17, 15) is 0 Å². The van der Waals surface area contributed by atoms with Gasteiger partial charge in [0.1, 0.15) is 5.11 Å². The van der Waals surface area contributed by atoms with Crippen LogP contribution >= 0.6 is 12.2 Å². The zero-order chi connectivity index (χ0) is 5.15. The van der Waals surface area contributed by atoms with E-state index < -0.39 is 0 Å². The van der Waals surface area contributed by atoms with E-state index in [0.29, 0.717) is 4.72 Å². The maximum absolute atomic E-state index is 4.84. The molecule has 0 aromatic heterocycles. The zero-order valence-corrected chi connectivity index (χ0v) is 3.90. The second-order valence-corrected chi connectivity index (χ2v) is 1.16. The molecule has 0 atom stereocenters. The molecule has 2 N–H and O–H groups in total. The first kappa shape index (κ1) is 5.82. The van der Waals surface area contributed by atoms with Gasteiger partial charge in [0, 0.05) is 0 Å². The Morgan fingerprint density at radius 1 is 1.67 bits per heavy atom. The van der Waals surface area contributed by atoms with Gasteiger partial charge < -0.3 is 10.5 Å². The number of hydrogen-bond donors (Lipinski definition) is 1. The summed E-state index contributed by atoms with van der Waals surface area (Å²) in [5.41, 5.74) is 4.84. The predicted octanol–water partition coefficient (Wildman–Crippen LogP) is -1.30. The van der Waals surface area contributed by atoms with Crippen molar-refractivity contribution in [3.05, 3.63) is 0 Å². The van der Waals surface area contributed by atoms with Gasteiger partial charge in [0.2, 0.25) is 16.0 Å². The molecule has 28 valence electrons. The lowest BCUT2D eigenvalue weighted by atomic mass is 10.2. The molecule has 0 bridgehead atoms. The van der Waals surface area contributed by atoms with Gasteiger partial charge in [0.25, 0.3) is 0 Å². The molecule has 0 aromatic rings. The number of hydrogen-bond acceptors (Lipinski definition) is 1.